The molecule has 2 atom stereocenters. The van der Waals surface area contributed by atoms with Gasteiger partial charge in [0.15, 0.2) is 0 Å². The van der Waals surface area contributed by atoms with Crippen molar-refractivity contribution >= 4 is 16.9 Å². The first-order valence-electron chi connectivity index (χ1n) is 8.66. The molecule has 0 bridgehead atoms. The van der Waals surface area contributed by atoms with Gasteiger partial charge in [-0.25, -0.2) is 4.98 Å². The van der Waals surface area contributed by atoms with Crippen LogP contribution in [-0.2, 0) is 16.0 Å². The van der Waals surface area contributed by atoms with E-state index in [1.54, 1.807) is 0 Å². The molecule has 4 rings (SSSR count). The number of morpholine rings is 1. The van der Waals surface area contributed by atoms with E-state index < -0.39 is 0 Å². The molecule has 1 aromatic heterocycles. The van der Waals surface area contributed by atoms with Gasteiger partial charge < -0.3 is 14.6 Å². The zero-order valence-electron chi connectivity index (χ0n) is 13.3. The van der Waals surface area contributed by atoms with Gasteiger partial charge in [-0.1, -0.05) is 25.0 Å². The molecule has 2 aliphatic rings. The van der Waals surface area contributed by atoms with Gasteiger partial charge >= 0.3 is 0 Å². The summed E-state index contributed by atoms with van der Waals surface area (Å²) < 4.78 is 5.85. The van der Waals surface area contributed by atoms with Crippen molar-refractivity contribution in [2.45, 2.75) is 50.7 Å². The summed E-state index contributed by atoms with van der Waals surface area (Å²) in [6.45, 7) is 1.41. The van der Waals surface area contributed by atoms with Gasteiger partial charge in [0.05, 0.1) is 29.8 Å². The lowest BCUT2D eigenvalue weighted by Gasteiger charge is -2.43. The summed E-state index contributed by atoms with van der Waals surface area (Å²) in [4.78, 5) is 22.6. The number of carbonyl (C=O) groups excluding carboxylic acids is 1. The number of aryl methyl sites for hydroxylation is 1. The van der Waals surface area contributed by atoms with Crippen molar-refractivity contribution in [1.82, 2.24) is 14.9 Å². The largest absolute Gasteiger partial charge is 0.374 e. The number of rotatable bonds is 3. The highest BCUT2D eigenvalue weighted by Crippen LogP contribution is 2.29. The van der Waals surface area contributed by atoms with Crippen LogP contribution in [0.25, 0.3) is 11.0 Å². The van der Waals surface area contributed by atoms with E-state index in [0.29, 0.717) is 25.5 Å². The van der Waals surface area contributed by atoms with Crippen molar-refractivity contribution in [2.24, 2.45) is 0 Å². The molecule has 1 N–H and O–H groups in total. The van der Waals surface area contributed by atoms with Crippen molar-refractivity contribution in [1.29, 1.82) is 0 Å². The van der Waals surface area contributed by atoms with Gasteiger partial charge in [-0.2, -0.15) is 0 Å². The number of H-pyrrole nitrogens is 1. The minimum atomic E-state index is 0.241. The van der Waals surface area contributed by atoms with E-state index in [0.717, 1.165) is 36.2 Å². The molecule has 23 heavy (non-hydrogen) atoms. The normalized spacial score (nSPS) is 24.6. The van der Waals surface area contributed by atoms with Crippen LogP contribution >= 0.6 is 0 Å². The molecule has 5 nitrogen and oxygen atoms in total. The number of nitrogens with one attached hydrogen (secondary N) is 1. The summed E-state index contributed by atoms with van der Waals surface area (Å²) in [6.07, 6.45) is 6.05. The summed E-state index contributed by atoms with van der Waals surface area (Å²) >= 11 is 0. The Morgan fingerprint density at radius 3 is 3.09 bits per heavy atom. The highest BCUT2D eigenvalue weighted by atomic mass is 16.5. The number of aromatic nitrogens is 2. The second-order valence-corrected chi connectivity index (χ2v) is 6.55. The number of amides is 1. The molecule has 5 heteroatoms. The first-order valence-corrected chi connectivity index (χ1v) is 8.66. The van der Waals surface area contributed by atoms with Crippen LogP contribution in [-0.4, -0.2) is 46.1 Å². The maximum absolute atomic E-state index is 12.7. The van der Waals surface area contributed by atoms with E-state index in [1.807, 2.05) is 24.3 Å². The zero-order valence-corrected chi connectivity index (χ0v) is 13.3. The van der Waals surface area contributed by atoms with E-state index in [9.17, 15) is 4.79 Å². The second-order valence-electron chi connectivity index (χ2n) is 6.55. The van der Waals surface area contributed by atoms with Crippen LogP contribution in [0.1, 0.15) is 37.9 Å². The SMILES string of the molecule is O=C(CCc1nc2ccccc2[nH]1)N1CCOC2CCCCC21. The van der Waals surface area contributed by atoms with Crippen molar-refractivity contribution in [3.05, 3.63) is 30.1 Å². The fourth-order valence-corrected chi connectivity index (χ4v) is 3.90. The molecular weight excluding hydrogens is 290 g/mol. The molecule has 1 amide bonds. The Labute approximate surface area is 136 Å². The monoisotopic (exact) mass is 313 g/mol. The molecule has 122 valence electrons. The number of fused-ring (bicyclic) bond motifs is 2. The highest BCUT2D eigenvalue weighted by molar-refractivity contribution is 5.78. The molecule has 0 spiro atoms. The summed E-state index contributed by atoms with van der Waals surface area (Å²) in [5, 5.41) is 0. The Balaban J connectivity index is 1.40. The molecule has 1 aliphatic carbocycles. The minimum Gasteiger partial charge on any atom is -0.374 e. The number of hydrogen-bond acceptors (Lipinski definition) is 3. The number of para-hydroxylation sites is 2. The topological polar surface area (TPSA) is 58.2 Å². The van der Waals surface area contributed by atoms with Crippen LogP contribution < -0.4 is 0 Å². The maximum Gasteiger partial charge on any atom is 0.223 e. The molecule has 1 aliphatic heterocycles. The van der Waals surface area contributed by atoms with Crippen LogP contribution in [0, 0.1) is 0 Å². The Bertz CT molecular complexity index is 661. The molecule has 2 fully saturated rings. The molecule has 2 aromatic rings. The quantitative estimate of drug-likeness (QED) is 0.948. The van der Waals surface area contributed by atoms with Crippen molar-refractivity contribution in [2.75, 3.05) is 13.2 Å². The van der Waals surface area contributed by atoms with Crippen molar-refractivity contribution in [3.8, 4) is 0 Å². The van der Waals surface area contributed by atoms with Crippen LogP contribution in [0.3, 0.4) is 0 Å². The fraction of sp³-hybridized carbons (Fsp3) is 0.556. The van der Waals surface area contributed by atoms with E-state index >= 15 is 0 Å². The number of nitrogens with zero attached hydrogens (tertiary/aromatic N) is 2. The van der Waals surface area contributed by atoms with Crippen molar-refractivity contribution < 1.29 is 9.53 Å². The lowest BCUT2D eigenvalue weighted by Crippen LogP contribution is -2.54. The lowest BCUT2D eigenvalue weighted by atomic mass is 9.90. The molecular formula is C18H23N3O2. The average molecular weight is 313 g/mol. The second kappa shape index (κ2) is 6.32. The Morgan fingerprint density at radius 1 is 1.30 bits per heavy atom. The maximum atomic E-state index is 12.7. The zero-order chi connectivity index (χ0) is 15.6. The molecule has 2 heterocycles. The number of imidazole rings is 1. The molecule has 0 radical (unpaired) electrons. The third-order valence-corrected chi connectivity index (χ3v) is 5.07. The van der Waals surface area contributed by atoms with E-state index in [2.05, 4.69) is 14.9 Å². The molecule has 1 saturated heterocycles. The van der Waals surface area contributed by atoms with Crippen LogP contribution in [0.15, 0.2) is 24.3 Å². The van der Waals surface area contributed by atoms with Gasteiger partial charge in [0.25, 0.3) is 0 Å². The first kappa shape index (κ1) is 14.7. The number of benzene rings is 1. The number of carbonyl (C=O) groups is 1. The van der Waals surface area contributed by atoms with E-state index in [4.69, 9.17) is 4.74 Å². The summed E-state index contributed by atoms with van der Waals surface area (Å²) in [6, 6.07) is 8.27. The van der Waals surface area contributed by atoms with E-state index in [1.165, 1.54) is 12.8 Å². The number of aromatic amines is 1. The highest BCUT2D eigenvalue weighted by Gasteiger charge is 2.36. The average Bonchev–Trinajstić information content (AvgIpc) is 3.02. The third-order valence-electron chi connectivity index (χ3n) is 5.07. The van der Waals surface area contributed by atoms with Crippen LogP contribution in [0.5, 0.6) is 0 Å². The predicted octanol–water partition coefficient (Wildman–Crippen LogP) is 2.67. The van der Waals surface area contributed by atoms with Gasteiger partial charge in [-0.3, -0.25) is 4.79 Å². The van der Waals surface area contributed by atoms with Gasteiger partial charge in [0.2, 0.25) is 5.91 Å². The smallest absolute Gasteiger partial charge is 0.223 e. The van der Waals surface area contributed by atoms with Gasteiger partial charge in [0.1, 0.15) is 5.82 Å². The number of ether oxygens (including phenoxy) is 1. The lowest BCUT2D eigenvalue weighted by molar-refractivity contribution is -0.149. The Kier molecular flexibility index (Phi) is 4.04. The summed E-state index contributed by atoms with van der Waals surface area (Å²) in [5.41, 5.74) is 2.00. The Morgan fingerprint density at radius 2 is 2.17 bits per heavy atom. The molecule has 1 aromatic carbocycles. The van der Waals surface area contributed by atoms with Gasteiger partial charge in [-0.05, 0) is 25.0 Å². The standard InChI is InChI=1S/C18H23N3O2/c22-18(21-11-12-23-16-8-4-3-7-15(16)21)10-9-17-19-13-5-1-2-6-14(13)20-17/h1-2,5-6,15-16H,3-4,7-12H2,(H,19,20). The molecule has 2 unspecified atom stereocenters. The summed E-state index contributed by atoms with van der Waals surface area (Å²) in [5.74, 6) is 1.14. The number of hydrogen-bond donors (Lipinski definition) is 1. The first-order chi connectivity index (χ1) is 11.3. The predicted molar refractivity (Wildman–Crippen MR) is 88.1 cm³/mol. The van der Waals surface area contributed by atoms with Gasteiger partial charge in [0, 0.05) is 19.4 Å². The van der Waals surface area contributed by atoms with Crippen LogP contribution in [0.2, 0.25) is 0 Å². The van der Waals surface area contributed by atoms with Gasteiger partial charge in [-0.15, -0.1) is 0 Å². The Hall–Kier alpha value is -1.88. The van der Waals surface area contributed by atoms with Crippen molar-refractivity contribution in [3.63, 3.8) is 0 Å². The van der Waals surface area contributed by atoms with E-state index in [-0.39, 0.29) is 12.0 Å². The fourth-order valence-electron chi connectivity index (χ4n) is 3.90. The third kappa shape index (κ3) is 2.98. The van der Waals surface area contributed by atoms with Crippen LogP contribution in [0.4, 0.5) is 0 Å². The summed E-state index contributed by atoms with van der Waals surface area (Å²) in [7, 11) is 0. The molecule has 1 saturated carbocycles. The minimum absolute atomic E-state index is 0.241.